The molecule has 1 saturated heterocycles. The van der Waals surface area contributed by atoms with Crippen LogP contribution in [-0.4, -0.2) is 24.1 Å². The lowest BCUT2D eigenvalue weighted by molar-refractivity contribution is 0.0513. The number of nitrogens with zero attached hydrogens (tertiary/aromatic N) is 1. The van der Waals surface area contributed by atoms with E-state index < -0.39 is 0 Å². The van der Waals surface area contributed by atoms with Crippen molar-refractivity contribution < 1.29 is 14.3 Å². The molecule has 1 amide bonds. The van der Waals surface area contributed by atoms with Crippen LogP contribution in [0.3, 0.4) is 0 Å². The van der Waals surface area contributed by atoms with Gasteiger partial charge in [0.15, 0.2) is 0 Å². The van der Waals surface area contributed by atoms with E-state index in [0.717, 1.165) is 18.4 Å². The highest BCUT2D eigenvalue weighted by Crippen LogP contribution is 2.31. The van der Waals surface area contributed by atoms with Gasteiger partial charge in [0.2, 0.25) is 0 Å². The molecule has 0 spiro atoms. The second kappa shape index (κ2) is 9.34. The molecule has 148 valence electrons. The predicted molar refractivity (Wildman–Crippen MR) is 111 cm³/mol. The maximum Gasteiger partial charge on any atom is 0.255 e. The Morgan fingerprint density at radius 2 is 1.76 bits per heavy atom. The fourth-order valence-corrected chi connectivity index (χ4v) is 3.66. The van der Waals surface area contributed by atoms with Crippen molar-refractivity contribution >= 4 is 5.91 Å². The molecule has 5 nitrogen and oxygen atoms in total. The van der Waals surface area contributed by atoms with Crippen LogP contribution in [-0.2, 0) is 4.74 Å². The Kier molecular flexibility index (Phi) is 6.17. The van der Waals surface area contributed by atoms with Crippen LogP contribution in [0.25, 0.3) is 0 Å². The lowest BCUT2D eigenvalue weighted by Gasteiger charge is -2.31. The molecule has 29 heavy (non-hydrogen) atoms. The normalized spacial score (nSPS) is 15.4. The monoisotopic (exact) mass is 388 g/mol. The maximum absolute atomic E-state index is 13.2. The molecule has 1 aliphatic rings. The maximum atomic E-state index is 13.2. The average Bonchev–Trinajstić information content (AvgIpc) is 2.79. The van der Waals surface area contributed by atoms with Crippen molar-refractivity contribution in [3.8, 4) is 11.5 Å². The minimum atomic E-state index is -0.156. The highest BCUT2D eigenvalue weighted by atomic mass is 16.5. The Morgan fingerprint density at radius 3 is 2.52 bits per heavy atom. The van der Waals surface area contributed by atoms with Crippen molar-refractivity contribution in [1.29, 1.82) is 0 Å². The average molecular weight is 388 g/mol. The van der Waals surface area contributed by atoms with Crippen LogP contribution >= 0.6 is 0 Å². The molecule has 1 aromatic heterocycles. The number of pyridine rings is 1. The first kappa shape index (κ1) is 19.2. The number of aromatic nitrogens is 1. The van der Waals surface area contributed by atoms with E-state index in [-0.39, 0.29) is 11.9 Å². The largest absolute Gasteiger partial charge is 0.457 e. The van der Waals surface area contributed by atoms with E-state index in [1.807, 2.05) is 66.9 Å². The fraction of sp³-hybridized carbons (Fsp3) is 0.250. The smallest absolute Gasteiger partial charge is 0.255 e. The molecule has 1 fully saturated rings. The zero-order valence-electron chi connectivity index (χ0n) is 16.2. The number of hydrogen-bond donors (Lipinski definition) is 1. The summed E-state index contributed by atoms with van der Waals surface area (Å²) in [7, 11) is 0. The number of para-hydroxylation sites is 2. The minimum Gasteiger partial charge on any atom is -0.457 e. The number of hydrogen-bond acceptors (Lipinski definition) is 4. The van der Waals surface area contributed by atoms with Crippen LogP contribution in [0.5, 0.6) is 11.5 Å². The molecular weight excluding hydrogens is 364 g/mol. The molecule has 0 saturated carbocycles. The van der Waals surface area contributed by atoms with E-state index >= 15 is 0 Å². The van der Waals surface area contributed by atoms with Crippen molar-refractivity contribution in [3.05, 3.63) is 90.3 Å². The van der Waals surface area contributed by atoms with E-state index in [2.05, 4.69) is 10.3 Å². The minimum absolute atomic E-state index is 0.120. The van der Waals surface area contributed by atoms with Crippen molar-refractivity contribution in [3.63, 3.8) is 0 Å². The summed E-state index contributed by atoms with van der Waals surface area (Å²) in [6, 6.07) is 20.6. The number of carbonyl (C=O) groups is 1. The first-order valence-electron chi connectivity index (χ1n) is 9.92. The van der Waals surface area contributed by atoms with Crippen LogP contribution < -0.4 is 10.1 Å². The second-order valence-corrected chi connectivity index (χ2v) is 7.10. The summed E-state index contributed by atoms with van der Waals surface area (Å²) in [5, 5.41) is 3.23. The Hall–Kier alpha value is -3.18. The third-order valence-corrected chi connectivity index (χ3v) is 5.17. The summed E-state index contributed by atoms with van der Waals surface area (Å²) < 4.78 is 11.5. The van der Waals surface area contributed by atoms with Gasteiger partial charge in [0.25, 0.3) is 5.91 Å². The van der Waals surface area contributed by atoms with E-state index in [4.69, 9.17) is 9.47 Å². The van der Waals surface area contributed by atoms with Crippen molar-refractivity contribution in [2.45, 2.75) is 18.9 Å². The molecule has 1 N–H and O–H groups in total. The van der Waals surface area contributed by atoms with Gasteiger partial charge in [-0.15, -0.1) is 0 Å². The summed E-state index contributed by atoms with van der Waals surface area (Å²) in [5.74, 6) is 1.38. The Labute approximate surface area is 170 Å². The summed E-state index contributed by atoms with van der Waals surface area (Å²) in [5.41, 5.74) is 1.52. The first-order chi connectivity index (χ1) is 14.3. The molecule has 2 heterocycles. The van der Waals surface area contributed by atoms with Crippen LogP contribution in [0, 0.1) is 5.92 Å². The first-order valence-corrected chi connectivity index (χ1v) is 9.92. The zero-order valence-corrected chi connectivity index (χ0v) is 16.2. The molecule has 1 unspecified atom stereocenters. The summed E-state index contributed by atoms with van der Waals surface area (Å²) >= 11 is 0. The van der Waals surface area contributed by atoms with Crippen LogP contribution in [0.15, 0.2) is 79.1 Å². The Bertz CT molecular complexity index is 925. The van der Waals surface area contributed by atoms with Gasteiger partial charge in [-0.2, -0.15) is 0 Å². The molecule has 5 heteroatoms. The third kappa shape index (κ3) is 4.81. The summed E-state index contributed by atoms with van der Waals surface area (Å²) in [4.78, 5) is 17.5. The number of amides is 1. The van der Waals surface area contributed by atoms with Gasteiger partial charge in [0, 0.05) is 25.6 Å². The van der Waals surface area contributed by atoms with E-state index in [1.165, 1.54) is 0 Å². The van der Waals surface area contributed by atoms with Crippen molar-refractivity contribution in [2.75, 3.05) is 13.2 Å². The van der Waals surface area contributed by atoms with E-state index in [1.54, 1.807) is 12.3 Å². The van der Waals surface area contributed by atoms with Gasteiger partial charge < -0.3 is 14.8 Å². The van der Waals surface area contributed by atoms with Gasteiger partial charge in [0.05, 0.1) is 11.6 Å². The van der Waals surface area contributed by atoms with Gasteiger partial charge in [-0.3, -0.25) is 9.78 Å². The molecular formula is C24H24N2O3. The number of ether oxygens (including phenoxy) is 2. The summed E-state index contributed by atoms with van der Waals surface area (Å²) in [6.45, 7) is 1.43. The third-order valence-electron chi connectivity index (χ3n) is 5.17. The molecule has 1 atom stereocenters. The van der Waals surface area contributed by atoms with Gasteiger partial charge in [-0.25, -0.2) is 0 Å². The highest BCUT2D eigenvalue weighted by Gasteiger charge is 2.28. The molecule has 0 radical (unpaired) electrons. The molecule has 0 bridgehead atoms. The molecule has 2 aromatic carbocycles. The van der Waals surface area contributed by atoms with Gasteiger partial charge in [-0.1, -0.05) is 36.4 Å². The van der Waals surface area contributed by atoms with Crippen LogP contribution in [0.2, 0.25) is 0 Å². The SMILES string of the molecule is O=C(NC(c1cccnc1)C1CCOCC1)c1ccccc1Oc1ccccc1. The van der Waals surface area contributed by atoms with E-state index in [0.29, 0.717) is 36.2 Å². The zero-order chi connectivity index (χ0) is 19.9. The number of nitrogens with one attached hydrogen (secondary N) is 1. The van der Waals surface area contributed by atoms with Gasteiger partial charge >= 0.3 is 0 Å². The Morgan fingerprint density at radius 1 is 1.00 bits per heavy atom. The highest BCUT2D eigenvalue weighted by molar-refractivity contribution is 5.97. The van der Waals surface area contributed by atoms with Gasteiger partial charge in [-0.05, 0) is 54.7 Å². The molecule has 0 aliphatic carbocycles. The second-order valence-electron chi connectivity index (χ2n) is 7.10. The Balaban J connectivity index is 1.58. The van der Waals surface area contributed by atoms with Crippen molar-refractivity contribution in [2.24, 2.45) is 5.92 Å². The molecule has 3 aromatic rings. The molecule has 1 aliphatic heterocycles. The van der Waals surface area contributed by atoms with Crippen LogP contribution in [0.4, 0.5) is 0 Å². The lowest BCUT2D eigenvalue weighted by Crippen LogP contribution is -2.36. The van der Waals surface area contributed by atoms with Gasteiger partial charge in [0.1, 0.15) is 11.5 Å². The fourth-order valence-electron chi connectivity index (χ4n) is 3.66. The van der Waals surface area contributed by atoms with E-state index in [9.17, 15) is 4.79 Å². The lowest BCUT2D eigenvalue weighted by atomic mass is 9.87. The standard InChI is InChI=1S/C24H24N2O3/c27-24(21-10-4-5-11-22(21)29-20-8-2-1-3-9-20)26-23(18-12-15-28-16-13-18)19-7-6-14-25-17-19/h1-11,14,17-18,23H,12-13,15-16H2,(H,26,27). The topological polar surface area (TPSA) is 60.5 Å². The van der Waals surface area contributed by atoms with Crippen molar-refractivity contribution in [1.82, 2.24) is 10.3 Å². The number of carbonyl (C=O) groups excluding carboxylic acids is 1. The summed E-state index contributed by atoms with van der Waals surface area (Å²) in [6.07, 6.45) is 5.38. The number of benzene rings is 2. The predicted octanol–water partition coefficient (Wildman–Crippen LogP) is 4.77. The molecule has 4 rings (SSSR count). The number of rotatable bonds is 6. The quantitative estimate of drug-likeness (QED) is 0.661. The van der Waals surface area contributed by atoms with Crippen LogP contribution in [0.1, 0.15) is 34.8 Å².